The van der Waals surface area contributed by atoms with Crippen LogP contribution in [0, 0.1) is 0 Å². The molecule has 0 aliphatic heterocycles. The maximum absolute atomic E-state index is 10.4. The summed E-state index contributed by atoms with van der Waals surface area (Å²) in [5.74, 6) is -0.0441. The molecule has 0 atom stereocenters. The normalized spacial score (nSPS) is 10.4. The standard InChI is InChI=1S/C6H6O4S.Na.H/c7-5-1-3-6(4-2-5)11(8,9)10;;/h1-4,7H,(H,8,9,10);;. The number of aromatic hydroxyl groups is 1. The first-order valence-corrected chi connectivity index (χ1v) is 4.21. The first-order chi connectivity index (χ1) is 5.00. The summed E-state index contributed by atoms with van der Waals surface area (Å²) in [5, 5.41) is 8.75. The molecule has 0 amide bonds. The molecule has 6 heteroatoms. The fraction of sp³-hybridized carbons (Fsp3) is 0. The topological polar surface area (TPSA) is 74.6 Å². The minimum atomic E-state index is -4.13. The molecule has 0 fully saturated rings. The van der Waals surface area contributed by atoms with E-state index >= 15 is 0 Å². The van der Waals surface area contributed by atoms with Gasteiger partial charge in [0.15, 0.2) is 0 Å². The van der Waals surface area contributed by atoms with Gasteiger partial charge in [0.1, 0.15) is 5.75 Å². The van der Waals surface area contributed by atoms with Crippen LogP contribution in [0.3, 0.4) is 0 Å². The van der Waals surface area contributed by atoms with E-state index in [1.54, 1.807) is 0 Å². The van der Waals surface area contributed by atoms with Gasteiger partial charge in [-0.05, 0) is 24.3 Å². The third-order valence-electron chi connectivity index (χ3n) is 1.13. The minimum absolute atomic E-state index is 0. The summed E-state index contributed by atoms with van der Waals surface area (Å²) < 4.78 is 29.3. The second kappa shape index (κ2) is 4.25. The molecule has 1 aromatic rings. The number of phenolic OH excluding ortho intramolecular Hbond substituents is 1. The summed E-state index contributed by atoms with van der Waals surface area (Å²) >= 11 is 0. The molecule has 62 valence electrons. The van der Waals surface area contributed by atoms with E-state index in [0.717, 1.165) is 12.1 Å². The van der Waals surface area contributed by atoms with E-state index in [9.17, 15) is 8.42 Å². The van der Waals surface area contributed by atoms with Crippen molar-refractivity contribution in [3.05, 3.63) is 24.3 Å². The van der Waals surface area contributed by atoms with E-state index in [4.69, 9.17) is 9.66 Å². The zero-order chi connectivity index (χ0) is 8.48. The molecule has 0 bridgehead atoms. The average Bonchev–Trinajstić information content (AvgIpc) is 1.86. The van der Waals surface area contributed by atoms with E-state index in [1.165, 1.54) is 12.1 Å². The third-order valence-corrected chi connectivity index (χ3v) is 2.00. The van der Waals surface area contributed by atoms with Crippen LogP contribution >= 0.6 is 0 Å². The van der Waals surface area contributed by atoms with Crippen LogP contribution < -0.4 is 0 Å². The Morgan fingerprint density at radius 1 is 1.08 bits per heavy atom. The van der Waals surface area contributed by atoms with Crippen molar-refractivity contribution in [3.8, 4) is 5.75 Å². The Labute approximate surface area is 92.3 Å². The van der Waals surface area contributed by atoms with Crippen molar-refractivity contribution in [1.82, 2.24) is 0 Å². The predicted octanol–water partition coefficient (Wildman–Crippen LogP) is -0.00960. The molecule has 0 radical (unpaired) electrons. The molecule has 0 aromatic heterocycles. The van der Waals surface area contributed by atoms with Gasteiger partial charge >= 0.3 is 29.6 Å². The quantitative estimate of drug-likeness (QED) is 0.491. The molecular formula is C6H7NaO4S. The fourth-order valence-electron chi connectivity index (χ4n) is 0.618. The first-order valence-electron chi connectivity index (χ1n) is 2.77. The van der Waals surface area contributed by atoms with Crippen LogP contribution in [0.2, 0.25) is 0 Å². The Hall–Kier alpha value is -0.0700. The van der Waals surface area contributed by atoms with Gasteiger partial charge in [0.05, 0.1) is 4.90 Å². The molecule has 0 heterocycles. The third kappa shape index (κ3) is 3.12. The SMILES string of the molecule is O=S(=O)(O)c1ccc(O)cc1.[NaH]. The molecular weight excluding hydrogens is 191 g/mol. The Bertz CT molecular complexity index is 342. The summed E-state index contributed by atoms with van der Waals surface area (Å²) in [4.78, 5) is -0.227. The van der Waals surface area contributed by atoms with Crippen molar-refractivity contribution in [2.75, 3.05) is 0 Å². The summed E-state index contributed by atoms with van der Waals surface area (Å²) in [5.41, 5.74) is 0. The number of benzene rings is 1. The summed E-state index contributed by atoms with van der Waals surface area (Å²) in [6.07, 6.45) is 0. The van der Waals surface area contributed by atoms with E-state index in [-0.39, 0.29) is 40.2 Å². The number of hydrogen-bond donors (Lipinski definition) is 2. The molecule has 0 saturated carbocycles. The molecule has 12 heavy (non-hydrogen) atoms. The number of rotatable bonds is 1. The predicted molar refractivity (Wildman–Crippen MR) is 45.1 cm³/mol. The van der Waals surface area contributed by atoms with Crippen molar-refractivity contribution >= 4 is 39.7 Å². The van der Waals surface area contributed by atoms with E-state index < -0.39 is 10.1 Å². The van der Waals surface area contributed by atoms with E-state index in [0.29, 0.717) is 0 Å². The van der Waals surface area contributed by atoms with Crippen LogP contribution in [-0.2, 0) is 10.1 Å². The van der Waals surface area contributed by atoms with Gasteiger partial charge in [0.2, 0.25) is 0 Å². The molecule has 2 N–H and O–H groups in total. The number of phenols is 1. The van der Waals surface area contributed by atoms with Gasteiger partial charge in [0.25, 0.3) is 10.1 Å². The van der Waals surface area contributed by atoms with Gasteiger partial charge in [-0.25, -0.2) is 0 Å². The van der Waals surface area contributed by atoms with Crippen LogP contribution in [0.1, 0.15) is 0 Å². The Morgan fingerprint density at radius 2 is 1.50 bits per heavy atom. The zero-order valence-electron chi connectivity index (χ0n) is 5.43. The Morgan fingerprint density at radius 3 is 1.83 bits per heavy atom. The van der Waals surface area contributed by atoms with Gasteiger partial charge in [-0.3, -0.25) is 4.55 Å². The molecule has 0 unspecified atom stereocenters. The van der Waals surface area contributed by atoms with Gasteiger partial charge in [-0.1, -0.05) is 0 Å². The van der Waals surface area contributed by atoms with Crippen LogP contribution in [0.4, 0.5) is 0 Å². The van der Waals surface area contributed by atoms with Crippen molar-refractivity contribution in [2.45, 2.75) is 4.90 Å². The Kier molecular flexibility index (Phi) is 4.22. The van der Waals surface area contributed by atoms with Gasteiger partial charge in [-0.15, -0.1) is 0 Å². The molecule has 1 rings (SSSR count). The average molecular weight is 198 g/mol. The zero-order valence-corrected chi connectivity index (χ0v) is 6.25. The van der Waals surface area contributed by atoms with E-state index in [2.05, 4.69) is 0 Å². The fourth-order valence-corrected chi connectivity index (χ4v) is 1.10. The molecule has 1 aromatic carbocycles. The number of hydrogen-bond acceptors (Lipinski definition) is 3. The molecule has 0 aliphatic rings. The second-order valence-electron chi connectivity index (χ2n) is 1.97. The van der Waals surface area contributed by atoms with Crippen molar-refractivity contribution in [1.29, 1.82) is 0 Å². The van der Waals surface area contributed by atoms with Crippen LogP contribution in [-0.4, -0.2) is 47.6 Å². The van der Waals surface area contributed by atoms with Crippen molar-refractivity contribution < 1.29 is 18.1 Å². The summed E-state index contributed by atoms with van der Waals surface area (Å²) in [6, 6.07) is 4.60. The van der Waals surface area contributed by atoms with Gasteiger partial charge in [0, 0.05) is 0 Å². The molecule has 0 saturated heterocycles. The van der Waals surface area contributed by atoms with Crippen LogP contribution in [0.15, 0.2) is 29.2 Å². The van der Waals surface area contributed by atoms with Gasteiger partial charge in [-0.2, -0.15) is 8.42 Å². The van der Waals surface area contributed by atoms with Crippen molar-refractivity contribution in [3.63, 3.8) is 0 Å². The van der Waals surface area contributed by atoms with Crippen LogP contribution in [0.5, 0.6) is 5.75 Å². The molecule has 4 nitrogen and oxygen atoms in total. The van der Waals surface area contributed by atoms with Crippen molar-refractivity contribution in [2.24, 2.45) is 0 Å². The summed E-state index contributed by atoms with van der Waals surface area (Å²) in [7, 11) is -4.13. The second-order valence-corrected chi connectivity index (χ2v) is 3.39. The maximum atomic E-state index is 10.4. The monoisotopic (exact) mass is 198 g/mol. The first kappa shape index (κ1) is 11.9. The van der Waals surface area contributed by atoms with E-state index in [1.807, 2.05) is 0 Å². The molecule has 0 aliphatic carbocycles. The summed E-state index contributed by atoms with van der Waals surface area (Å²) in [6.45, 7) is 0. The van der Waals surface area contributed by atoms with Crippen LogP contribution in [0.25, 0.3) is 0 Å². The Balaban J connectivity index is 0.00000121. The molecule has 0 spiro atoms. The van der Waals surface area contributed by atoms with Gasteiger partial charge < -0.3 is 5.11 Å².